The van der Waals surface area contributed by atoms with Gasteiger partial charge in [0.1, 0.15) is 5.75 Å². The van der Waals surface area contributed by atoms with Gasteiger partial charge in [-0.2, -0.15) is 0 Å². The van der Waals surface area contributed by atoms with Crippen molar-refractivity contribution in [2.45, 2.75) is 11.3 Å². The van der Waals surface area contributed by atoms with E-state index >= 15 is 0 Å². The number of hydrogen-bond acceptors (Lipinski definition) is 6. The number of para-hydroxylation sites is 1. The topological polar surface area (TPSA) is 85.4 Å². The lowest BCUT2D eigenvalue weighted by molar-refractivity contribution is -0.115. The van der Waals surface area contributed by atoms with Crippen LogP contribution in [0.4, 0.5) is 5.13 Å². The van der Waals surface area contributed by atoms with E-state index < -0.39 is 9.84 Å². The Kier molecular flexibility index (Phi) is 4.73. The van der Waals surface area contributed by atoms with Gasteiger partial charge in [0.2, 0.25) is 5.91 Å². The molecular formula is C17H16N2O4S2. The zero-order chi connectivity index (χ0) is 18.0. The second kappa shape index (κ2) is 6.81. The summed E-state index contributed by atoms with van der Waals surface area (Å²) in [6.07, 6.45) is 1.32. The number of nitrogens with zero attached hydrogens (tertiary/aromatic N) is 1. The molecule has 0 aliphatic rings. The highest BCUT2D eigenvalue weighted by molar-refractivity contribution is 7.90. The first kappa shape index (κ1) is 17.4. The van der Waals surface area contributed by atoms with Gasteiger partial charge in [0, 0.05) is 11.8 Å². The number of amides is 1. The number of ether oxygens (including phenoxy) is 1. The first-order valence-corrected chi connectivity index (χ1v) is 10.1. The summed E-state index contributed by atoms with van der Waals surface area (Å²) < 4.78 is 29.2. The van der Waals surface area contributed by atoms with Gasteiger partial charge in [-0.1, -0.05) is 29.5 Å². The van der Waals surface area contributed by atoms with Crippen LogP contribution >= 0.6 is 11.3 Å². The molecule has 3 aromatic rings. The van der Waals surface area contributed by atoms with E-state index in [-0.39, 0.29) is 17.2 Å². The Morgan fingerprint density at radius 3 is 2.72 bits per heavy atom. The minimum atomic E-state index is -3.28. The fourth-order valence-corrected chi connectivity index (χ4v) is 4.02. The molecule has 6 nitrogen and oxygen atoms in total. The van der Waals surface area contributed by atoms with Crippen LogP contribution in [0.25, 0.3) is 10.2 Å². The number of methoxy groups -OCH3 is 1. The van der Waals surface area contributed by atoms with Crippen molar-refractivity contribution in [3.8, 4) is 5.75 Å². The number of aromatic nitrogens is 1. The highest BCUT2D eigenvalue weighted by Crippen LogP contribution is 2.28. The molecule has 0 atom stereocenters. The summed E-state index contributed by atoms with van der Waals surface area (Å²) in [5.41, 5.74) is 1.42. The van der Waals surface area contributed by atoms with Gasteiger partial charge in [-0.3, -0.25) is 4.79 Å². The maximum Gasteiger partial charge on any atom is 0.230 e. The monoisotopic (exact) mass is 376 g/mol. The predicted octanol–water partition coefficient (Wildman–Crippen LogP) is 2.89. The molecule has 2 aromatic carbocycles. The molecule has 1 aromatic heterocycles. The van der Waals surface area contributed by atoms with E-state index in [4.69, 9.17) is 4.74 Å². The second-order valence-electron chi connectivity index (χ2n) is 5.46. The average molecular weight is 376 g/mol. The largest absolute Gasteiger partial charge is 0.496 e. The molecule has 3 rings (SSSR count). The van der Waals surface area contributed by atoms with Crippen molar-refractivity contribution < 1.29 is 17.9 Å². The third-order valence-electron chi connectivity index (χ3n) is 3.58. The van der Waals surface area contributed by atoms with E-state index in [1.807, 2.05) is 18.2 Å². The van der Waals surface area contributed by atoms with Crippen molar-refractivity contribution in [1.29, 1.82) is 0 Å². The van der Waals surface area contributed by atoms with Crippen molar-refractivity contribution in [1.82, 2.24) is 4.98 Å². The number of hydrogen-bond donors (Lipinski definition) is 1. The Morgan fingerprint density at radius 2 is 2.00 bits per heavy atom. The third kappa shape index (κ3) is 3.97. The number of anilines is 1. The van der Waals surface area contributed by atoms with Crippen LogP contribution in [-0.4, -0.2) is 32.7 Å². The minimum absolute atomic E-state index is 0.161. The SMILES string of the molecule is COc1ccccc1CC(=O)Nc1nc2ccc(S(C)(=O)=O)cc2s1. The van der Waals surface area contributed by atoms with Crippen molar-refractivity contribution in [3.05, 3.63) is 48.0 Å². The van der Waals surface area contributed by atoms with Gasteiger partial charge in [0.25, 0.3) is 0 Å². The van der Waals surface area contributed by atoms with Crippen LogP contribution in [0.15, 0.2) is 47.4 Å². The Bertz CT molecular complexity index is 1040. The van der Waals surface area contributed by atoms with Crippen LogP contribution in [0, 0.1) is 0 Å². The highest BCUT2D eigenvalue weighted by atomic mass is 32.2. The zero-order valence-corrected chi connectivity index (χ0v) is 15.3. The number of carbonyl (C=O) groups excluding carboxylic acids is 1. The minimum Gasteiger partial charge on any atom is -0.496 e. The van der Waals surface area contributed by atoms with Crippen molar-refractivity contribution in [2.75, 3.05) is 18.7 Å². The molecule has 1 N–H and O–H groups in total. The van der Waals surface area contributed by atoms with Crippen LogP contribution in [0.2, 0.25) is 0 Å². The summed E-state index contributed by atoms with van der Waals surface area (Å²) in [4.78, 5) is 16.8. The van der Waals surface area contributed by atoms with Crippen LogP contribution in [0.3, 0.4) is 0 Å². The van der Waals surface area contributed by atoms with Crippen LogP contribution in [0.5, 0.6) is 5.75 Å². The smallest absolute Gasteiger partial charge is 0.230 e. The maximum absolute atomic E-state index is 12.3. The summed E-state index contributed by atoms with van der Waals surface area (Å²) >= 11 is 1.24. The molecule has 0 bridgehead atoms. The van der Waals surface area contributed by atoms with Crippen LogP contribution < -0.4 is 10.1 Å². The van der Waals surface area contributed by atoms with Gasteiger partial charge < -0.3 is 10.1 Å². The number of thiazole rings is 1. The summed E-state index contributed by atoms with van der Waals surface area (Å²) in [7, 11) is -1.72. The van der Waals surface area contributed by atoms with E-state index in [0.717, 1.165) is 11.8 Å². The van der Waals surface area contributed by atoms with Gasteiger partial charge in [0.15, 0.2) is 15.0 Å². The quantitative estimate of drug-likeness (QED) is 0.740. The lowest BCUT2D eigenvalue weighted by Gasteiger charge is -2.07. The van der Waals surface area contributed by atoms with Crippen LogP contribution in [0.1, 0.15) is 5.56 Å². The second-order valence-corrected chi connectivity index (χ2v) is 8.50. The normalized spacial score (nSPS) is 11.4. The third-order valence-corrected chi connectivity index (χ3v) is 5.62. The Balaban J connectivity index is 1.79. The zero-order valence-electron chi connectivity index (χ0n) is 13.6. The van der Waals surface area contributed by atoms with E-state index in [0.29, 0.717) is 21.1 Å². The first-order valence-electron chi connectivity index (χ1n) is 7.39. The van der Waals surface area contributed by atoms with E-state index in [1.54, 1.807) is 25.3 Å². The molecule has 8 heteroatoms. The van der Waals surface area contributed by atoms with Crippen molar-refractivity contribution in [3.63, 3.8) is 0 Å². The summed E-state index contributed by atoms with van der Waals surface area (Å²) in [6, 6.07) is 12.0. The molecule has 1 heterocycles. The fourth-order valence-electron chi connectivity index (χ4n) is 2.37. The molecule has 0 saturated heterocycles. The van der Waals surface area contributed by atoms with Gasteiger partial charge in [0.05, 0.1) is 28.6 Å². The molecule has 1 amide bonds. The Labute approximate surface area is 149 Å². The Morgan fingerprint density at radius 1 is 1.24 bits per heavy atom. The summed E-state index contributed by atoms with van der Waals surface area (Å²) in [5, 5.41) is 3.18. The molecular weight excluding hydrogens is 360 g/mol. The van der Waals surface area contributed by atoms with Gasteiger partial charge in [-0.15, -0.1) is 0 Å². The molecule has 0 saturated carbocycles. The lowest BCUT2D eigenvalue weighted by Crippen LogP contribution is -2.14. The highest BCUT2D eigenvalue weighted by Gasteiger charge is 2.13. The fraction of sp³-hybridized carbons (Fsp3) is 0.176. The number of fused-ring (bicyclic) bond motifs is 1. The number of sulfone groups is 1. The molecule has 0 spiro atoms. The first-order chi connectivity index (χ1) is 11.9. The molecule has 0 unspecified atom stereocenters. The molecule has 0 aliphatic heterocycles. The van der Waals surface area contributed by atoms with E-state index in [9.17, 15) is 13.2 Å². The summed E-state index contributed by atoms with van der Waals surface area (Å²) in [6.45, 7) is 0. The van der Waals surface area contributed by atoms with Crippen molar-refractivity contribution in [2.24, 2.45) is 0 Å². The molecule has 130 valence electrons. The standard InChI is InChI=1S/C17H16N2O4S2/c1-23-14-6-4-3-5-11(14)9-16(20)19-17-18-13-8-7-12(25(2,21)22)10-15(13)24-17/h3-8,10H,9H2,1-2H3,(H,18,19,20). The van der Waals surface area contributed by atoms with Gasteiger partial charge >= 0.3 is 0 Å². The van der Waals surface area contributed by atoms with Crippen molar-refractivity contribution >= 4 is 42.4 Å². The lowest BCUT2D eigenvalue weighted by atomic mass is 10.1. The number of carbonyl (C=O) groups is 1. The van der Waals surface area contributed by atoms with E-state index in [2.05, 4.69) is 10.3 Å². The van der Waals surface area contributed by atoms with Gasteiger partial charge in [-0.05, 0) is 24.3 Å². The summed E-state index contributed by atoms with van der Waals surface area (Å²) in [5.74, 6) is 0.437. The number of rotatable bonds is 5. The molecule has 0 radical (unpaired) electrons. The predicted molar refractivity (Wildman–Crippen MR) is 98.1 cm³/mol. The van der Waals surface area contributed by atoms with Crippen LogP contribution in [-0.2, 0) is 21.1 Å². The van der Waals surface area contributed by atoms with Gasteiger partial charge in [-0.25, -0.2) is 13.4 Å². The molecule has 0 fully saturated rings. The maximum atomic E-state index is 12.3. The number of nitrogens with one attached hydrogen (secondary N) is 1. The average Bonchev–Trinajstić information content (AvgIpc) is 2.95. The molecule has 25 heavy (non-hydrogen) atoms. The van der Waals surface area contributed by atoms with E-state index in [1.165, 1.54) is 17.4 Å². The number of benzene rings is 2. The molecule has 0 aliphatic carbocycles. The Hall–Kier alpha value is -2.45.